The highest BCUT2D eigenvalue weighted by Crippen LogP contribution is 2.29. The Morgan fingerprint density at radius 1 is 1.12 bits per heavy atom. The monoisotopic (exact) mass is 441 g/mol. The highest BCUT2D eigenvalue weighted by Gasteiger charge is 2.32. The zero-order valence-electron chi connectivity index (χ0n) is 18.5. The van der Waals surface area contributed by atoms with Crippen molar-refractivity contribution in [3.05, 3.63) is 28.6 Å². The van der Waals surface area contributed by atoms with Gasteiger partial charge in [-0.1, -0.05) is 11.3 Å². The number of piperidine rings is 2. The number of anilines is 1. The number of imide groups is 1. The predicted octanol–water partition coefficient (Wildman–Crippen LogP) is 1.33. The normalized spacial score (nSPS) is 20.3. The Labute approximate surface area is 184 Å². The molecule has 2 amide bonds. The first kappa shape index (κ1) is 21.9. The van der Waals surface area contributed by atoms with Crippen molar-refractivity contribution in [1.82, 2.24) is 20.3 Å². The Balaban J connectivity index is 1.60. The summed E-state index contributed by atoms with van der Waals surface area (Å²) in [5.74, 6) is -1.28. The lowest BCUT2D eigenvalue weighted by Gasteiger charge is -2.34. The van der Waals surface area contributed by atoms with E-state index in [9.17, 15) is 19.2 Å². The number of hydrogen-bond donors (Lipinski definition) is 1. The number of nitrogens with zero attached hydrogens (tertiary/aromatic N) is 4. The molecule has 2 aromatic rings. The number of benzene rings is 1. The molecule has 170 valence electrons. The van der Waals surface area contributed by atoms with Gasteiger partial charge in [-0.15, -0.1) is 5.10 Å². The molecule has 1 N–H and O–H groups in total. The second-order valence-electron chi connectivity index (χ2n) is 9.27. The van der Waals surface area contributed by atoms with Gasteiger partial charge in [0.1, 0.15) is 17.2 Å². The lowest BCUT2D eigenvalue weighted by Crippen LogP contribution is -2.45. The summed E-state index contributed by atoms with van der Waals surface area (Å²) >= 11 is 0. The molecular formula is C22H27N5O5. The molecule has 1 aromatic heterocycles. The van der Waals surface area contributed by atoms with Gasteiger partial charge in [-0.3, -0.25) is 24.5 Å². The van der Waals surface area contributed by atoms with Gasteiger partial charge in [0.25, 0.3) is 11.5 Å². The zero-order chi connectivity index (χ0) is 23.0. The van der Waals surface area contributed by atoms with E-state index in [1.165, 1.54) is 0 Å². The molecule has 4 rings (SSSR count). The third kappa shape index (κ3) is 4.35. The van der Waals surface area contributed by atoms with E-state index >= 15 is 0 Å². The van der Waals surface area contributed by atoms with Crippen molar-refractivity contribution in [2.45, 2.75) is 58.1 Å². The minimum atomic E-state index is -0.872. The van der Waals surface area contributed by atoms with E-state index in [1.807, 2.05) is 32.9 Å². The smallest absolute Gasteiger partial charge is 0.309 e. The van der Waals surface area contributed by atoms with Gasteiger partial charge in [-0.05, 0) is 52.2 Å². The molecule has 0 bridgehead atoms. The van der Waals surface area contributed by atoms with Crippen LogP contribution in [0.3, 0.4) is 0 Å². The van der Waals surface area contributed by atoms with Crippen LogP contribution in [-0.4, -0.2) is 51.5 Å². The van der Waals surface area contributed by atoms with Crippen molar-refractivity contribution in [2.24, 2.45) is 5.92 Å². The first-order chi connectivity index (χ1) is 15.1. The van der Waals surface area contributed by atoms with E-state index in [4.69, 9.17) is 4.74 Å². The molecule has 32 heavy (non-hydrogen) atoms. The first-order valence-electron chi connectivity index (χ1n) is 10.8. The number of nitrogens with one attached hydrogen (secondary N) is 1. The molecule has 3 heterocycles. The fourth-order valence-corrected chi connectivity index (χ4v) is 4.21. The van der Waals surface area contributed by atoms with Crippen LogP contribution in [0.2, 0.25) is 0 Å². The largest absolute Gasteiger partial charge is 0.460 e. The van der Waals surface area contributed by atoms with Gasteiger partial charge in [0.15, 0.2) is 0 Å². The molecular weight excluding hydrogens is 414 g/mol. The Bertz CT molecular complexity index is 1130. The number of amides is 2. The highest BCUT2D eigenvalue weighted by atomic mass is 16.6. The number of fused-ring (bicyclic) bond motifs is 1. The SMILES string of the molecule is CC(C)(C)OC(=O)C1CCN(c2cccc3nnn(C4CCC(=O)NC4=O)c(=O)c23)CC1. The van der Waals surface area contributed by atoms with Crippen LogP contribution < -0.4 is 15.8 Å². The Morgan fingerprint density at radius 3 is 2.50 bits per heavy atom. The minimum Gasteiger partial charge on any atom is -0.460 e. The number of hydrogen-bond acceptors (Lipinski definition) is 8. The number of aromatic nitrogens is 3. The summed E-state index contributed by atoms with van der Waals surface area (Å²) in [5.41, 5.74) is 0.189. The van der Waals surface area contributed by atoms with E-state index in [2.05, 4.69) is 20.5 Å². The van der Waals surface area contributed by atoms with Crippen molar-refractivity contribution in [3.63, 3.8) is 0 Å². The molecule has 10 heteroatoms. The maximum absolute atomic E-state index is 13.3. The van der Waals surface area contributed by atoms with Crippen LogP contribution in [0.1, 0.15) is 52.5 Å². The molecule has 0 radical (unpaired) electrons. The Morgan fingerprint density at radius 2 is 1.84 bits per heavy atom. The molecule has 10 nitrogen and oxygen atoms in total. The zero-order valence-corrected chi connectivity index (χ0v) is 18.5. The maximum atomic E-state index is 13.3. The first-order valence-corrected chi connectivity index (χ1v) is 10.8. The summed E-state index contributed by atoms with van der Waals surface area (Å²) in [6, 6.07) is 4.48. The van der Waals surface area contributed by atoms with Gasteiger partial charge in [0.05, 0.1) is 17.0 Å². The van der Waals surface area contributed by atoms with E-state index in [-0.39, 0.29) is 30.6 Å². The van der Waals surface area contributed by atoms with E-state index in [0.717, 1.165) is 4.68 Å². The highest BCUT2D eigenvalue weighted by molar-refractivity contribution is 5.99. The quantitative estimate of drug-likeness (QED) is 0.559. The summed E-state index contributed by atoms with van der Waals surface area (Å²) in [7, 11) is 0. The molecule has 0 aliphatic carbocycles. The molecule has 2 aliphatic rings. The van der Waals surface area contributed by atoms with Crippen molar-refractivity contribution >= 4 is 34.4 Å². The number of ether oxygens (including phenoxy) is 1. The molecule has 2 aliphatic heterocycles. The number of rotatable bonds is 3. The fourth-order valence-electron chi connectivity index (χ4n) is 4.21. The van der Waals surface area contributed by atoms with Crippen LogP contribution in [0.5, 0.6) is 0 Å². The Kier molecular flexibility index (Phi) is 5.70. The van der Waals surface area contributed by atoms with Gasteiger partial charge in [-0.2, -0.15) is 4.68 Å². The molecule has 1 aromatic carbocycles. The van der Waals surface area contributed by atoms with E-state index in [0.29, 0.717) is 42.5 Å². The van der Waals surface area contributed by atoms with E-state index in [1.54, 1.807) is 6.07 Å². The van der Waals surface area contributed by atoms with Crippen LogP contribution in [-0.2, 0) is 19.1 Å². The molecule has 1 unspecified atom stereocenters. The van der Waals surface area contributed by atoms with Gasteiger partial charge in [-0.25, -0.2) is 0 Å². The minimum absolute atomic E-state index is 0.141. The molecule has 1 atom stereocenters. The Hall–Kier alpha value is -3.30. The van der Waals surface area contributed by atoms with Crippen LogP contribution >= 0.6 is 0 Å². The lowest BCUT2D eigenvalue weighted by atomic mass is 9.96. The fraction of sp³-hybridized carbons (Fsp3) is 0.545. The number of carbonyl (C=O) groups is 3. The molecule has 0 saturated carbocycles. The molecule has 2 saturated heterocycles. The second-order valence-corrected chi connectivity index (χ2v) is 9.27. The van der Waals surface area contributed by atoms with Gasteiger partial charge >= 0.3 is 5.97 Å². The maximum Gasteiger partial charge on any atom is 0.309 e. The lowest BCUT2D eigenvalue weighted by molar-refractivity contribution is -0.160. The van der Waals surface area contributed by atoms with Crippen LogP contribution in [0.4, 0.5) is 5.69 Å². The van der Waals surface area contributed by atoms with Crippen molar-refractivity contribution in [2.75, 3.05) is 18.0 Å². The topological polar surface area (TPSA) is 123 Å². The summed E-state index contributed by atoms with van der Waals surface area (Å²) in [6.07, 6.45) is 1.58. The molecule has 2 fully saturated rings. The number of esters is 1. The third-order valence-electron chi connectivity index (χ3n) is 5.77. The van der Waals surface area contributed by atoms with Crippen LogP contribution in [0.15, 0.2) is 23.0 Å². The summed E-state index contributed by atoms with van der Waals surface area (Å²) < 4.78 is 6.59. The van der Waals surface area contributed by atoms with E-state index < -0.39 is 23.1 Å². The summed E-state index contributed by atoms with van der Waals surface area (Å²) in [6.45, 7) is 6.73. The third-order valence-corrected chi connectivity index (χ3v) is 5.77. The van der Waals surface area contributed by atoms with Gasteiger partial charge in [0, 0.05) is 19.5 Å². The summed E-state index contributed by atoms with van der Waals surface area (Å²) in [4.78, 5) is 51.6. The van der Waals surface area contributed by atoms with Crippen molar-refractivity contribution < 1.29 is 19.1 Å². The van der Waals surface area contributed by atoms with Crippen LogP contribution in [0, 0.1) is 5.92 Å². The standard InChI is InChI=1S/C22H27N5O5/c1-22(2,3)32-21(31)13-9-11-26(12-10-13)15-6-4-5-14-18(15)20(30)27(25-24-14)16-7-8-17(28)23-19(16)29/h4-6,13,16H,7-12H2,1-3H3,(H,23,28,29). The van der Waals surface area contributed by atoms with Gasteiger partial charge in [0.2, 0.25) is 5.91 Å². The average Bonchev–Trinajstić information content (AvgIpc) is 2.73. The van der Waals surface area contributed by atoms with Gasteiger partial charge < -0.3 is 9.64 Å². The number of carbonyl (C=O) groups excluding carboxylic acids is 3. The second kappa shape index (κ2) is 8.33. The average molecular weight is 441 g/mol. The predicted molar refractivity (Wildman–Crippen MR) is 116 cm³/mol. The molecule has 0 spiro atoms. The van der Waals surface area contributed by atoms with Crippen molar-refractivity contribution in [1.29, 1.82) is 0 Å². The summed E-state index contributed by atoms with van der Waals surface area (Å²) in [5, 5.41) is 10.8. The van der Waals surface area contributed by atoms with Crippen molar-refractivity contribution in [3.8, 4) is 0 Å². The van der Waals surface area contributed by atoms with Crippen LogP contribution in [0.25, 0.3) is 10.9 Å².